The van der Waals surface area contributed by atoms with Crippen molar-refractivity contribution in [2.75, 3.05) is 30.3 Å². The molecule has 2 aliphatic heterocycles. The first-order valence-corrected chi connectivity index (χ1v) is 10.4. The van der Waals surface area contributed by atoms with Crippen LogP contribution >= 0.6 is 0 Å². The lowest BCUT2D eigenvalue weighted by Gasteiger charge is -2.41. The number of fused-ring (bicyclic) bond motifs is 2. The average molecular weight is 342 g/mol. The van der Waals surface area contributed by atoms with Crippen LogP contribution in [0, 0.1) is 11.3 Å². The smallest absolute Gasteiger partial charge is 0.222 e. The minimum Gasteiger partial charge on any atom is -0.368 e. The third kappa shape index (κ3) is 2.80. The van der Waals surface area contributed by atoms with Crippen LogP contribution in [-0.2, 0) is 12.8 Å². The van der Waals surface area contributed by atoms with E-state index in [2.05, 4.69) is 10.2 Å². The van der Waals surface area contributed by atoms with Gasteiger partial charge in [0.15, 0.2) is 0 Å². The molecule has 0 bridgehead atoms. The first-order chi connectivity index (χ1) is 12.2. The Morgan fingerprint density at radius 2 is 1.92 bits per heavy atom. The molecule has 136 valence electrons. The minimum atomic E-state index is 0.476. The van der Waals surface area contributed by atoms with Gasteiger partial charge in [0.1, 0.15) is 5.82 Å². The molecule has 0 unspecified atom stereocenters. The van der Waals surface area contributed by atoms with Gasteiger partial charge in [-0.15, -0.1) is 0 Å². The molecule has 25 heavy (non-hydrogen) atoms. The molecule has 2 atom stereocenters. The number of piperidine rings is 1. The van der Waals surface area contributed by atoms with Crippen molar-refractivity contribution >= 4 is 11.8 Å². The van der Waals surface area contributed by atoms with E-state index in [1.807, 2.05) is 0 Å². The largest absolute Gasteiger partial charge is 0.368 e. The van der Waals surface area contributed by atoms with E-state index >= 15 is 0 Å². The summed E-state index contributed by atoms with van der Waals surface area (Å²) in [6, 6.07) is 0.633. The van der Waals surface area contributed by atoms with Crippen molar-refractivity contribution in [2.24, 2.45) is 11.3 Å². The maximum Gasteiger partial charge on any atom is 0.222 e. The average Bonchev–Trinajstić information content (AvgIpc) is 3.05. The quantitative estimate of drug-likeness (QED) is 0.822. The van der Waals surface area contributed by atoms with Crippen LogP contribution in [0.3, 0.4) is 0 Å². The van der Waals surface area contributed by atoms with Crippen LogP contribution in [0.4, 0.5) is 11.8 Å². The van der Waals surface area contributed by atoms with E-state index in [1.165, 1.54) is 69.2 Å². The highest BCUT2D eigenvalue weighted by Crippen LogP contribution is 2.47. The van der Waals surface area contributed by atoms with Gasteiger partial charge in [-0.1, -0.05) is 19.3 Å². The van der Waals surface area contributed by atoms with Crippen molar-refractivity contribution in [3.8, 4) is 0 Å². The molecule has 2 saturated heterocycles. The Bertz CT molecular complexity index is 638. The molecule has 2 aliphatic carbocycles. The molecule has 0 amide bonds. The molecule has 1 spiro atoms. The molecule has 5 heteroatoms. The van der Waals surface area contributed by atoms with Gasteiger partial charge < -0.3 is 16.0 Å². The number of nitrogens with one attached hydrogen (secondary N) is 1. The van der Waals surface area contributed by atoms with Crippen LogP contribution in [0.25, 0.3) is 0 Å². The van der Waals surface area contributed by atoms with Crippen molar-refractivity contribution < 1.29 is 0 Å². The monoisotopic (exact) mass is 341 g/mol. The van der Waals surface area contributed by atoms with Crippen molar-refractivity contribution in [2.45, 2.75) is 70.3 Å². The van der Waals surface area contributed by atoms with Crippen LogP contribution in [0.15, 0.2) is 0 Å². The maximum atomic E-state index is 6.15. The summed E-state index contributed by atoms with van der Waals surface area (Å²) in [5, 5.41) is 3.71. The van der Waals surface area contributed by atoms with Crippen LogP contribution < -0.4 is 16.0 Å². The predicted molar refractivity (Wildman–Crippen MR) is 101 cm³/mol. The number of nitrogens with zero attached hydrogens (tertiary/aromatic N) is 3. The summed E-state index contributed by atoms with van der Waals surface area (Å²) in [5.74, 6) is 2.41. The minimum absolute atomic E-state index is 0.476. The Kier molecular flexibility index (Phi) is 3.88. The number of hydrogen-bond donors (Lipinski definition) is 2. The molecule has 5 rings (SSSR count). The number of nitrogen functional groups attached to an aromatic ring is 1. The molecular formula is C20H31N5. The number of aromatic nitrogens is 2. The molecule has 4 aliphatic rings. The summed E-state index contributed by atoms with van der Waals surface area (Å²) in [6.07, 6.45) is 13.2. The fourth-order valence-electron chi connectivity index (χ4n) is 5.98. The fraction of sp³-hybridized carbons (Fsp3) is 0.800. The first kappa shape index (κ1) is 15.9. The Morgan fingerprint density at radius 1 is 1.04 bits per heavy atom. The van der Waals surface area contributed by atoms with E-state index in [-0.39, 0.29) is 0 Å². The second-order valence-electron chi connectivity index (χ2n) is 8.94. The van der Waals surface area contributed by atoms with Crippen molar-refractivity contribution in [1.82, 2.24) is 15.3 Å². The van der Waals surface area contributed by atoms with Crippen LogP contribution in [-0.4, -0.2) is 35.6 Å². The van der Waals surface area contributed by atoms with Gasteiger partial charge in [0.05, 0.1) is 5.69 Å². The van der Waals surface area contributed by atoms with Gasteiger partial charge in [0, 0.05) is 24.7 Å². The highest BCUT2D eigenvalue weighted by atomic mass is 15.3. The lowest BCUT2D eigenvalue weighted by Crippen LogP contribution is -2.40. The molecule has 1 aromatic rings. The molecular weight excluding hydrogens is 310 g/mol. The Hall–Kier alpha value is -1.36. The lowest BCUT2D eigenvalue weighted by molar-refractivity contribution is 0.160. The van der Waals surface area contributed by atoms with E-state index in [0.717, 1.165) is 37.7 Å². The maximum absolute atomic E-state index is 6.15. The van der Waals surface area contributed by atoms with Crippen LogP contribution in [0.2, 0.25) is 0 Å². The number of anilines is 2. The molecule has 3 N–H and O–H groups in total. The lowest BCUT2D eigenvalue weighted by atomic mass is 9.65. The Morgan fingerprint density at radius 3 is 2.76 bits per heavy atom. The van der Waals surface area contributed by atoms with Crippen molar-refractivity contribution in [3.63, 3.8) is 0 Å². The number of rotatable bonds is 1. The zero-order chi connectivity index (χ0) is 16.9. The summed E-state index contributed by atoms with van der Waals surface area (Å²) < 4.78 is 0. The number of hydrogen-bond acceptors (Lipinski definition) is 5. The Balaban J connectivity index is 1.44. The first-order valence-electron chi connectivity index (χ1n) is 10.4. The van der Waals surface area contributed by atoms with Crippen molar-refractivity contribution in [3.05, 3.63) is 11.3 Å². The second kappa shape index (κ2) is 6.11. The van der Waals surface area contributed by atoms with E-state index in [1.54, 1.807) is 0 Å². The molecule has 5 nitrogen and oxygen atoms in total. The summed E-state index contributed by atoms with van der Waals surface area (Å²) in [7, 11) is 0. The van der Waals surface area contributed by atoms with Gasteiger partial charge in [0.25, 0.3) is 0 Å². The molecule has 0 radical (unpaired) electrons. The van der Waals surface area contributed by atoms with E-state index in [4.69, 9.17) is 15.7 Å². The molecule has 3 heterocycles. The third-order valence-electron chi connectivity index (χ3n) is 7.35. The van der Waals surface area contributed by atoms with Gasteiger partial charge >= 0.3 is 0 Å². The topological polar surface area (TPSA) is 67.1 Å². The number of nitrogens with two attached hydrogens (primary N) is 1. The highest BCUT2D eigenvalue weighted by molar-refractivity contribution is 5.54. The normalized spacial score (nSPS) is 31.0. The molecule has 3 fully saturated rings. The van der Waals surface area contributed by atoms with Crippen LogP contribution in [0.5, 0.6) is 0 Å². The van der Waals surface area contributed by atoms with Crippen LogP contribution in [0.1, 0.15) is 62.6 Å². The van der Waals surface area contributed by atoms with Gasteiger partial charge in [-0.2, -0.15) is 4.98 Å². The van der Waals surface area contributed by atoms with Gasteiger partial charge in [-0.05, 0) is 62.8 Å². The summed E-state index contributed by atoms with van der Waals surface area (Å²) in [4.78, 5) is 11.9. The summed E-state index contributed by atoms with van der Waals surface area (Å²) in [6.45, 7) is 3.38. The standard InChI is InChI=1S/C20H31N5/c21-19-23-16-11-20(7-2-1-3-8-20)9-6-15(16)18(24-19)25-12-14-5-4-10-22-17(14)13-25/h14,17,22H,1-13H2,(H2,21,23,24)/t14-,17+/m1/s1. The van der Waals surface area contributed by atoms with E-state index < -0.39 is 0 Å². The van der Waals surface area contributed by atoms with E-state index in [9.17, 15) is 0 Å². The van der Waals surface area contributed by atoms with Gasteiger partial charge in [0.2, 0.25) is 5.95 Å². The zero-order valence-electron chi connectivity index (χ0n) is 15.3. The Labute approximate surface area is 150 Å². The highest BCUT2D eigenvalue weighted by Gasteiger charge is 2.40. The van der Waals surface area contributed by atoms with Gasteiger partial charge in [-0.3, -0.25) is 0 Å². The van der Waals surface area contributed by atoms with Crippen molar-refractivity contribution in [1.29, 1.82) is 0 Å². The molecule has 1 saturated carbocycles. The predicted octanol–water partition coefficient (Wildman–Crippen LogP) is 2.69. The van der Waals surface area contributed by atoms with Gasteiger partial charge in [-0.25, -0.2) is 4.98 Å². The third-order valence-corrected chi connectivity index (χ3v) is 7.35. The zero-order valence-corrected chi connectivity index (χ0v) is 15.3. The summed E-state index contributed by atoms with van der Waals surface area (Å²) >= 11 is 0. The SMILES string of the molecule is Nc1nc2c(c(N3C[C@H]4CCCN[C@H]4C3)n1)CCC1(CCCCC1)C2. The fourth-order valence-corrected chi connectivity index (χ4v) is 5.98. The van der Waals surface area contributed by atoms with E-state index in [0.29, 0.717) is 17.4 Å². The second-order valence-corrected chi connectivity index (χ2v) is 8.94. The molecule has 1 aromatic heterocycles. The molecule has 0 aromatic carbocycles. The summed E-state index contributed by atoms with van der Waals surface area (Å²) in [5.41, 5.74) is 9.32.